The lowest BCUT2D eigenvalue weighted by Gasteiger charge is -2.36. The summed E-state index contributed by atoms with van der Waals surface area (Å²) in [5.41, 5.74) is 1.84. The zero-order chi connectivity index (χ0) is 15.4. The van der Waals surface area contributed by atoms with Gasteiger partial charge in [0.05, 0.1) is 0 Å². The average molecular weight is 292 g/mol. The highest BCUT2D eigenvalue weighted by Gasteiger charge is 2.18. The minimum atomic E-state index is -0.0651. The second-order valence-electron chi connectivity index (χ2n) is 6.87. The number of halogens is 1. The summed E-state index contributed by atoms with van der Waals surface area (Å²) in [5.74, 6) is 0.942. The summed E-state index contributed by atoms with van der Waals surface area (Å²) in [6, 6.07) is 5.72. The van der Waals surface area contributed by atoms with Gasteiger partial charge in [-0.2, -0.15) is 0 Å². The van der Waals surface area contributed by atoms with Crippen LogP contribution in [0.2, 0.25) is 0 Å². The molecule has 0 unspecified atom stereocenters. The van der Waals surface area contributed by atoms with Gasteiger partial charge in [-0.15, -0.1) is 0 Å². The van der Waals surface area contributed by atoms with E-state index in [9.17, 15) is 4.39 Å². The van der Waals surface area contributed by atoms with Crippen molar-refractivity contribution in [1.29, 1.82) is 0 Å². The van der Waals surface area contributed by atoms with Gasteiger partial charge in [-0.1, -0.05) is 33.8 Å². The van der Waals surface area contributed by atoms with Gasteiger partial charge in [0.15, 0.2) is 0 Å². The number of hydrogen-bond acceptors (Lipinski definition) is 2. The lowest BCUT2D eigenvalue weighted by Crippen LogP contribution is -2.46. The Labute approximate surface area is 128 Å². The molecule has 1 aliphatic rings. The van der Waals surface area contributed by atoms with Gasteiger partial charge in [-0.3, -0.25) is 4.90 Å². The highest BCUT2D eigenvalue weighted by molar-refractivity contribution is 5.49. The minimum Gasteiger partial charge on any atom is -0.369 e. The Morgan fingerprint density at radius 2 is 1.71 bits per heavy atom. The van der Waals surface area contributed by atoms with Crippen LogP contribution in [0.5, 0.6) is 0 Å². The van der Waals surface area contributed by atoms with Gasteiger partial charge in [-0.05, 0) is 42.5 Å². The lowest BCUT2D eigenvalue weighted by atomic mass is 10.0. The zero-order valence-electron chi connectivity index (χ0n) is 13.9. The molecule has 0 radical (unpaired) electrons. The number of piperazine rings is 1. The summed E-state index contributed by atoms with van der Waals surface area (Å²) in [7, 11) is 0. The third-order valence-corrected chi connectivity index (χ3v) is 4.37. The van der Waals surface area contributed by atoms with Crippen molar-refractivity contribution in [3.63, 3.8) is 0 Å². The van der Waals surface area contributed by atoms with Gasteiger partial charge >= 0.3 is 0 Å². The Hall–Kier alpha value is -1.09. The van der Waals surface area contributed by atoms with Crippen LogP contribution in [0.15, 0.2) is 18.2 Å². The van der Waals surface area contributed by atoms with Gasteiger partial charge in [0, 0.05) is 31.9 Å². The van der Waals surface area contributed by atoms with Crippen LogP contribution in [-0.4, -0.2) is 37.6 Å². The molecule has 0 aromatic heterocycles. The van der Waals surface area contributed by atoms with Crippen molar-refractivity contribution in [3.05, 3.63) is 29.6 Å². The third kappa shape index (κ3) is 4.44. The maximum Gasteiger partial charge on any atom is 0.128 e. The van der Waals surface area contributed by atoms with Crippen molar-refractivity contribution in [3.8, 4) is 0 Å². The van der Waals surface area contributed by atoms with Crippen LogP contribution in [0.1, 0.15) is 45.6 Å². The normalized spacial score (nSPS) is 17.0. The molecular formula is C18H29FN2. The Morgan fingerprint density at radius 1 is 1.05 bits per heavy atom. The summed E-state index contributed by atoms with van der Waals surface area (Å²) in [4.78, 5) is 4.83. The van der Waals surface area contributed by atoms with Crippen LogP contribution in [-0.2, 0) is 0 Å². The van der Waals surface area contributed by atoms with Crippen LogP contribution in [0.3, 0.4) is 0 Å². The van der Waals surface area contributed by atoms with Crippen LogP contribution >= 0.6 is 0 Å². The number of hydrogen-bond donors (Lipinski definition) is 0. The van der Waals surface area contributed by atoms with Crippen molar-refractivity contribution in [2.45, 2.75) is 40.0 Å². The molecule has 1 aromatic carbocycles. The average Bonchev–Trinajstić information content (AvgIpc) is 2.45. The highest BCUT2D eigenvalue weighted by Crippen LogP contribution is 2.24. The molecule has 1 saturated heterocycles. The molecule has 1 aromatic rings. The molecule has 118 valence electrons. The van der Waals surface area contributed by atoms with Gasteiger partial charge in [-0.25, -0.2) is 4.39 Å². The first-order valence-corrected chi connectivity index (χ1v) is 8.24. The van der Waals surface area contributed by atoms with Gasteiger partial charge in [0.2, 0.25) is 0 Å². The molecule has 0 atom stereocenters. The fourth-order valence-corrected chi connectivity index (χ4v) is 2.85. The topological polar surface area (TPSA) is 6.48 Å². The Morgan fingerprint density at radius 3 is 2.24 bits per heavy atom. The van der Waals surface area contributed by atoms with Crippen LogP contribution < -0.4 is 4.90 Å². The monoisotopic (exact) mass is 292 g/mol. The molecule has 2 nitrogen and oxygen atoms in total. The largest absolute Gasteiger partial charge is 0.369 e. The molecule has 1 fully saturated rings. The Balaban J connectivity index is 1.91. The molecule has 0 N–H and O–H groups in total. The molecule has 1 aliphatic heterocycles. The van der Waals surface area contributed by atoms with Crippen LogP contribution in [0.4, 0.5) is 10.1 Å². The fourth-order valence-electron chi connectivity index (χ4n) is 2.85. The predicted molar refractivity (Wildman–Crippen MR) is 88.6 cm³/mol. The molecule has 1 heterocycles. The molecule has 0 saturated carbocycles. The first-order valence-electron chi connectivity index (χ1n) is 8.24. The minimum absolute atomic E-state index is 0.0651. The van der Waals surface area contributed by atoms with Crippen LogP contribution in [0.25, 0.3) is 0 Å². The summed E-state index contributed by atoms with van der Waals surface area (Å²) in [6.45, 7) is 14.0. The van der Waals surface area contributed by atoms with Crippen molar-refractivity contribution >= 4 is 5.69 Å². The molecule has 2 rings (SSSR count). The molecule has 0 bridgehead atoms. The van der Waals surface area contributed by atoms with Crippen molar-refractivity contribution < 1.29 is 4.39 Å². The predicted octanol–water partition coefficient (Wildman–Crippen LogP) is 4.12. The standard InChI is InChI=1S/C18H29FN2/c1-14(2)7-8-20-9-11-21(12-10-20)16-5-6-17(15(3)4)18(19)13-16/h5-6,13-15H,7-12H2,1-4H3. The van der Waals surface area contributed by atoms with E-state index in [1.165, 1.54) is 13.0 Å². The number of benzene rings is 1. The second kappa shape index (κ2) is 7.26. The van der Waals surface area contributed by atoms with E-state index >= 15 is 0 Å². The van der Waals surface area contributed by atoms with E-state index in [4.69, 9.17) is 0 Å². The van der Waals surface area contributed by atoms with E-state index in [1.54, 1.807) is 6.07 Å². The van der Waals surface area contributed by atoms with Crippen molar-refractivity contribution in [2.75, 3.05) is 37.6 Å². The van der Waals surface area contributed by atoms with E-state index in [-0.39, 0.29) is 11.7 Å². The summed E-state index contributed by atoms with van der Waals surface area (Å²) < 4.78 is 14.1. The van der Waals surface area contributed by atoms with Gasteiger partial charge < -0.3 is 4.90 Å². The highest BCUT2D eigenvalue weighted by atomic mass is 19.1. The Bertz CT molecular complexity index is 449. The van der Waals surface area contributed by atoms with Crippen molar-refractivity contribution in [1.82, 2.24) is 4.90 Å². The summed E-state index contributed by atoms with van der Waals surface area (Å²) in [6.07, 6.45) is 1.26. The van der Waals surface area contributed by atoms with E-state index < -0.39 is 0 Å². The Kier molecular flexibility index (Phi) is 5.63. The quantitative estimate of drug-likeness (QED) is 0.805. The number of rotatable bonds is 5. The van der Waals surface area contributed by atoms with E-state index in [2.05, 4.69) is 29.7 Å². The molecular weight excluding hydrogens is 263 g/mol. The van der Waals surface area contributed by atoms with E-state index in [1.807, 2.05) is 19.9 Å². The molecule has 0 aliphatic carbocycles. The second-order valence-corrected chi connectivity index (χ2v) is 6.87. The first kappa shape index (κ1) is 16.3. The molecule has 0 amide bonds. The summed E-state index contributed by atoms with van der Waals surface area (Å²) in [5, 5.41) is 0. The number of nitrogens with zero attached hydrogens (tertiary/aromatic N) is 2. The van der Waals surface area contributed by atoms with Crippen molar-refractivity contribution in [2.24, 2.45) is 5.92 Å². The maximum atomic E-state index is 14.1. The molecule has 3 heteroatoms. The molecule has 21 heavy (non-hydrogen) atoms. The summed E-state index contributed by atoms with van der Waals surface area (Å²) >= 11 is 0. The molecule has 0 spiro atoms. The SMILES string of the molecule is CC(C)CCN1CCN(c2ccc(C(C)C)c(F)c2)CC1. The number of anilines is 1. The third-order valence-electron chi connectivity index (χ3n) is 4.37. The van der Waals surface area contributed by atoms with Crippen LogP contribution in [0, 0.1) is 11.7 Å². The van der Waals surface area contributed by atoms with Gasteiger partial charge in [0.1, 0.15) is 5.82 Å². The zero-order valence-corrected chi connectivity index (χ0v) is 13.9. The lowest BCUT2D eigenvalue weighted by molar-refractivity contribution is 0.243. The smallest absolute Gasteiger partial charge is 0.128 e. The van der Waals surface area contributed by atoms with E-state index in [0.29, 0.717) is 0 Å². The van der Waals surface area contributed by atoms with E-state index in [0.717, 1.165) is 43.3 Å². The first-order chi connectivity index (χ1) is 9.97. The fraction of sp³-hybridized carbons (Fsp3) is 0.667. The maximum absolute atomic E-state index is 14.1. The van der Waals surface area contributed by atoms with Gasteiger partial charge in [0.25, 0.3) is 0 Å².